The van der Waals surface area contributed by atoms with E-state index in [1.165, 1.54) is 4.80 Å². The van der Waals surface area contributed by atoms with Gasteiger partial charge in [0.15, 0.2) is 0 Å². The molecule has 1 aromatic heterocycles. The quantitative estimate of drug-likeness (QED) is 0.712. The van der Waals surface area contributed by atoms with Crippen LogP contribution in [0.4, 0.5) is 0 Å². The molecule has 5 heteroatoms. The van der Waals surface area contributed by atoms with Gasteiger partial charge in [-0.1, -0.05) is 6.92 Å². The van der Waals surface area contributed by atoms with Crippen molar-refractivity contribution in [3.05, 3.63) is 12.4 Å². The lowest BCUT2D eigenvalue weighted by Gasteiger charge is -2.30. The van der Waals surface area contributed by atoms with Gasteiger partial charge in [0.1, 0.15) is 6.54 Å². The second kappa shape index (κ2) is 4.42. The van der Waals surface area contributed by atoms with E-state index in [0.29, 0.717) is 0 Å². The average Bonchev–Trinajstić information content (AvgIpc) is 2.71. The highest BCUT2D eigenvalue weighted by Crippen LogP contribution is 2.15. The van der Waals surface area contributed by atoms with Crippen molar-refractivity contribution in [1.82, 2.24) is 19.9 Å². The Morgan fingerprint density at radius 3 is 2.53 bits per heavy atom. The minimum atomic E-state index is 0.123. The van der Waals surface area contributed by atoms with Crippen molar-refractivity contribution in [2.45, 2.75) is 26.3 Å². The number of hydrogen-bond acceptors (Lipinski definition) is 3. The smallest absolute Gasteiger partial charge is 0.246 e. The zero-order valence-corrected chi connectivity index (χ0v) is 8.96. The number of hydrogen-bond donors (Lipinski definition) is 0. The minimum absolute atomic E-state index is 0.123. The van der Waals surface area contributed by atoms with Crippen molar-refractivity contribution in [3.8, 4) is 0 Å². The summed E-state index contributed by atoms with van der Waals surface area (Å²) in [5, 5.41) is 7.85. The molecule has 0 N–H and O–H groups in total. The van der Waals surface area contributed by atoms with Crippen molar-refractivity contribution in [3.63, 3.8) is 0 Å². The third-order valence-electron chi connectivity index (χ3n) is 2.88. The van der Waals surface area contributed by atoms with Crippen LogP contribution in [0.3, 0.4) is 0 Å². The van der Waals surface area contributed by atoms with Gasteiger partial charge in [-0.15, -0.1) is 0 Å². The Morgan fingerprint density at radius 1 is 1.33 bits per heavy atom. The Morgan fingerprint density at radius 2 is 1.93 bits per heavy atom. The molecule has 5 nitrogen and oxygen atoms in total. The Balaban J connectivity index is 1.86. The molecule has 82 valence electrons. The first-order valence-corrected chi connectivity index (χ1v) is 5.37. The van der Waals surface area contributed by atoms with E-state index >= 15 is 0 Å². The Hall–Kier alpha value is -1.39. The molecular weight excluding hydrogens is 192 g/mol. The van der Waals surface area contributed by atoms with Gasteiger partial charge < -0.3 is 4.90 Å². The van der Waals surface area contributed by atoms with Gasteiger partial charge in [-0.2, -0.15) is 15.0 Å². The highest BCUT2D eigenvalue weighted by atomic mass is 16.2. The maximum Gasteiger partial charge on any atom is 0.246 e. The number of nitrogens with zero attached hydrogens (tertiary/aromatic N) is 4. The van der Waals surface area contributed by atoms with E-state index in [9.17, 15) is 4.79 Å². The largest absolute Gasteiger partial charge is 0.341 e. The number of rotatable bonds is 2. The van der Waals surface area contributed by atoms with Crippen LogP contribution in [-0.2, 0) is 11.3 Å². The van der Waals surface area contributed by atoms with Crippen molar-refractivity contribution < 1.29 is 4.79 Å². The third kappa shape index (κ3) is 2.55. The van der Waals surface area contributed by atoms with Gasteiger partial charge in [-0.25, -0.2) is 0 Å². The number of likely N-dealkylation sites (tertiary alicyclic amines) is 1. The van der Waals surface area contributed by atoms with Crippen LogP contribution in [0.25, 0.3) is 0 Å². The molecule has 2 rings (SSSR count). The van der Waals surface area contributed by atoms with E-state index < -0.39 is 0 Å². The molecule has 0 radical (unpaired) electrons. The maximum atomic E-state index is 11.8. The third-order valence-corrected chi connectivity index (χ3v) is 2.88. The van der Waals surface area contributed by atoms with Crippen LogP contribution >= 0.6 is 0 Å². The zero-order chi connectivity index (χ0) is 10.7. The minimum Gasteiger partial charge on any atom is -0.341 e. The fraction of sp³-hybridized carbons (Fsp3) is 0.700. The van der Waals surface area contributed by atoms with Gasteiger partial charge in [0, 0.05) is 13.1 Å². The number of piperidine rings is 1. The first-order valence-electron chi connectivity index (χ1n) is 5.37. The number of amides is 1. The molecule has 0 aliphatic carbocycles. The maximum absolute atomic E-state index is 11.8. The monoisotopic (exact) mass is 208 g/mol. The topological polar surface area (TPSA) is 51.0 Å². The number of carbonyl (C=O) groups excluding carboxylic acids is 1. The number of aromatic nitrogens is 3. The first-order chi connectivity index (χ1) is 7.25. The summed E-state index contributed by atoms with van der Waals surface area (Å²) in [6.07, 6.45) is 5.40. The first kappa shape index (κ1) is 10.1. The van der Waals surface area contributed by atoms with E-state index in [-0.39, 0.29) is 12.5 Å². The number of carbonyl (C=O) groups is 1. The second-order valence-corrected chi connectivity index (χ2v) is 4.12. The van der Waals surface area contributed by atoms with Gasteiger partial charge >= 0.3 is 0 Å². The lowest BCUT2D eigenvalue weighted by Crippen LogP contribution is -2.40. The van der Waals surface area contributed by atoms with Gasteiger partial charge in [0.2, 0.25) is 5.91 Å². The fourth-order valence-electron chi connectivity index (χ4n) is 1.80. The van der Waals surface area contributed by atoms with Crippen LogP contribution in [0.5, 0.6) is 0 Å². The Kier molecular flexibility index (Phi) is 2.99. The van der Waals surface area contributed by atoms with Gasteiger partial charge in [0.05, 0.1) is 12.4 Å². The summed E-state index contributed by atoms with van der Waals surface area (Å²) in [7, 11) is 0. The molecule has 15 heavy (non-hydrogen) atoms. The summed E-state index contributed by atoms with van der Waals surface area (Å²) in [6.45, 7) is 4.25. The molecular formula is C10H16N4O. The Labute approximate surface area is 89.1 Å². The van der Waals surface area contributed by atoms with Crippen molar-refractivity contribution in [2.24, 2.45) is 5.92 Å². The summed E-state index contributed by atoms with van der Waals surface area (Å²) in [5.41, 5.74) is 0. The van der Waals surface area contributed by atoms with Gasteiger partial charge in [-0.3, -0.25) is 4.79 Å². The summed E-state index contributed by atoms with van der Waals surface area (Å²) >= 11 is 0. The molecule has 1 aromatic rings. The van der Waals surface area contributed by atoms with E-state index in [2.05, 4.69) is 17.1 Å². The molecule has 0 atom stereocenters. The predicted octanol–water partition coefficient (Wildman–Crippen LogP) is 0.537. The Bertz CT molecular complexity index is 314. The standard InChI is InChI=1S/C10H16N4O/c1-9-2-6-13(7-3-9)10(15)8-14-11-4-5-12-14/h4-5,9H,2-3,6-8H2,1H3. The molecule has 0 bridgehead atoms. The van der Waals surface area contributed by atoms with Crippen LogP contribution in [-0.4, -0.2) is 38.9 Å². The summed E-state index contributed by atoms with van der Waals surface area (Å²) in [6, 6.07) is 0. The van der Waals surface area contributed by atoms with Crippen LogP contribution in [0.2, 0.25) is 0 Å². The normalized spacial score (nSPS) is 18.1. The summed E-state index contributed by atoms with van der Waals surface area (Å²) in [4.78, 5) is 15.1. The van der Waals surface area contributed by atoms with E-state index in [0.717, 1.165) is 31.8 Å². The SMILES string of the molecule is CC1CCN(C(=O)Cn2nccn2)CC1. The van der Waals surface area contributed by atoms with Gasteiger partial charge in [-0.05, 0) is 18.8 Å². The molecule has 0 saturated carbocycles. The lowest BCUT2D eigenvalue weighted by atomic mass is 9.99. The highest BCUT2D eigenvalue weighted by molar-refractivity contribution is 5.75. The fourth-order valence-corrected chi connectivity index (χ4v) is 1.80. The van der Waals surface area contributed by atoms with Crippen LogP contribution < -0.4 is 0 Å². The van der Waals surface area contributed by atoms with Gasteiger partial charge in [0.25, 0.3) is 0 Å². The van der Waals surface area contributed by atoms with Crippen LogP contribution in [0.15, 0.2) is 12.4 Å². The van der Waals surface area contributed by atoms with Crippen LogP contribution in [0, 0.1) is 5.92 Å². The molecule has 0 unspecified atom stereocenters. The second-order valence-electron chi connectivity index (χ2n) is 4.12. The highest BCUT2D eigenvalue weighted by Gasteiger charge is 2.20. The van der Waals surface area contributed by atoms with Crippen molar-refractivity contribution in [1.29, 1.82) is 0 Å². The zero-order valence-electron chi connectivity index (χ0n) is 8.96. The molecule has 2 heterocycles. The molecule has 1 aliphatic rings. The predicted molar refractivity (Wildman–Crippen MR) is 55.0 cm³/mol. The molecule has 0 aromatic carbocycles. The summed E-state index contributed by atoms with van der Waals surface area (Å²) in [5.74, 6) is 0.870. The molecule has 1 amide bonds. The van der Waals surface area contributed by atoms with Crippen molar-refractivity contribution in [2.75, 3.05) is 13.1 Å². The van der Waals surface area contributed by atoms with Crippen LogP contribution in [0.1, 0.15) is 19.8 Å². The van der Waals surface area contributed by atoms with E-state index in [1.807, 2.05) is 4.90 Å². The summed E-state index contributed by atoms with van der Waals surface area (Å²) < 4.78 is 0. The lowest BCUT2D eigenvalue weighted by molar-refractivity contribution is -0.133. The molecule has 1 fully saturated rings. The molecule has 0 spiro atoms. The van der Waals surface area contributed by atoms with Crippen molar-refractivity contribution >= 4 is 5.91 Å². The van der Waals surface area contributed by atoms with E-state index in [1.54, 1.807) is 12.4 Å². The molecule has 1 aliphatic heterocycles. The average molecular weight is 208 g/mol. The van der Waals surface area contributed by atoms with E-state index in [4.69, 9.17) is 0 Å². The molecule has 1 saturated heterocycles.